The van der Waals surface area contributed by atoms with Gasteiger partial charge in [-0.25, -0.2) is 0 Å². The Morgan fingerprint density at radius 1 is 1.42 bits per heavy atom. The van der Waals surface area contributed by atoms with Gasteiger partial charge in [0.25, 0.3) is 0 Å². The third-order valence-corrected chi connectivity index (χ3v) is 4.69. The average molecular weight is 327 g/mol. The van der Waals surface area contributed by atoms with Gasteiger partial charge in [0.2, 0.25) is 0 Å². The maximum Gasteiger partial charge on any atom is 0.0434 e. The van der Waals surface area contributed by atoms with Gasteiger partial charge in [-0.1, -0.05) is 34.1 Å². The lowest BCUT2D eigenvalue weighted by molar-refractivity contribution is 0.249. The fourth-order valence-corrected chi connectivity index (χ4v) is 3.37. The lowest BCUT2D eigenvalue weighted by atomic mass is 10.0. The number of hydrogen-bond acceptors (Lipinski definition) is 3. The second kappa shape index (κ2) is 7.39. The minimum atomic E-state index is 0.0902. The SMILES string of the molecule is NC(CCN1CCC(CCO)C1)c1ccccc1Br. The molecule has 1 aromatic rings. The standard InChI is InChI=1S/C15H23BrN2O/c16-14-4-2-1-3-13(14)15(17)6-9-18-8-5-12(11-18)7-10-19/h1-4,12,15,19H,5-11,17H2. The van der Waals surface area contributed by atoms with E-state index in [-0.39, 0.29) is 6.04 Å². The Morgan fingerprint density at radius 3 is 2.95 bits per heavy atom. The molecule has 0 spiro atoms. The summed E-state index contributed by atoms with van der Waals surface area (Å²) in [7, 11) is 0. The van der Waals surface area contributed by atoms with Crippen LogP contribution in [-0.4, -0.2) is 36.2 Å². The van der Waals surface area contributed by atoms with Crippen LogP contribution in [0.1, 0.15) is 30.9 Å². The number of hydrogen-bond donors (Lipinski definition) is 2. The molecule has 1 fully saturated rings. The average Bonchev–Trinajstić information content (AvgIpc) is 2.85. The molecule has 2 rings (SSSR count). The Hall–Kier alpha value is -0.420. The first-order valence-electron chi connectivity index (χ1n) is 7.04. The van der Waals surface area contributed by atoms with Crippen LogP contribution in [0, 0.1) is 5.92 Å². The van der Waals surface area contributed by atoms with Crippen molar-refractivity contribution in [2.75, 3.05) is 26.2 Å². The molecule has 4 heteroatoms. The lowest BCUT2D eigenvalue weighted by Gasteiger charge is -2.19. The molecule has 0 amide bonds. The van der Waals surface area contributed by atoms with Gasteiger partial charge >= 0.3 is 0 Å². The van der Waals surface area contributed by atoms with Crippen molar-refractivity contribution >= 4 is 15.9 Å². The van der Waals surface area contributed by atoms with Gasteiger partial charge in [-0.15, -0.1) is 0 Å². The van der Waals surface area contributed by atoms with Crippen molar-refractivity contribution in [3.63, 3.8) is 0 Å². The molecule has 0 bridgehead atoms. The Morgan fingerprint density at radius 2 is 2.21 bits per heavy atom. The van der Waals surface area contributed by atoms with Gasteiger partial charge in [0.1, 0.15) is 0 Å². The van der Waals surface area contributed by atoms with Crippen LogP contribution < -0.4 is 5.73 Å². The second-order valence-corrected chi connectivity index (χ2v) is 6.24. The molecule has 1 aliphatic rings. The predicted molar refractivity (Wildman–Crippen MR) is 81.9 cm³/mol. The molecule has 2 atom stereocenters. The van der Waals surface area contributed by atoms with Gasteiger partial charge in [0.15, 0.2) is 0 Å². The fraction of sp³-hybridized carbons (Fsp3) is 0.600. The Kier molecular flexibility index (Phi) is 5.82. The minimum absolute atomic E-state index is 0.0902. The molecule has 0 aromatic heterocycles. The van der Waals surface area contributed by atoms with Crippen molar-refractivity contribution in [2.24, 2.45) is 11.7 Å². The van der Waals surface area contributed by atoms with Crippen LogP contribution in [0.25, 0.3) is 0 Å². The maximum absolute atomic E-state index is 8.97. The summed E-state index contributed by atoms with van der Waals surface area (Å²) >= 11 is 3.56. The van der Waals surface area contributed by atoms with E-state index in [1.807, 2.05) is 18.2 Å². The van der Waals surface area contributed by atoms with Crippen molar-refractivity contribution in [3.05, 3.63) is 34.3 Å². The number of rotatable bonds is 6. The Labute approximate surface area is 123 Å². The van der Waals surface area contributed by atoms with E-state index in [4.69, 9.17) is 10.8 Å². The molecule has 1 aliphatic heterocycles. The molecule has 0 radical (unpaired) electrons. The van der Waals surface area contributed by atoms with Crippen molar-refractivity contribution in [2.45, 2.75) is 25.3 Å². The van der Waals surface area contributed by atoms with E-state index in [1.54, 1.807) is 0 Å². The third kappa shape index (κ3) is 4.28. The molecule has 1 heterocycles. The number of likely N-dealkylation sites (tertiary alicyclic amines) is 1. The normalized spacial score (nSPS) is 21.7. The monoisotopic (exact) mass is 326 g/mol. The van der Waals surface area contributed by atoms with E-state index in [2.05, 4.69) is 26.9 Å². The Bertz CT molecular complexity index is 399. The fourth-order valence-electron chi connectivity index (χ4n) is 2.79. The molecule has 2 unspecified atom stereocenters. The van der Waals surface area contributed by atoms with E-state index in [1.165, 1.54) is 12.0 Å². The first kappa shape index (κ1) is 15.0. The first-order chi connectivity index (χ1) is 9.20. The highest BCUT2D eigenvalue weighted by atomic mass is 79.9. The molecule has 3 nitrogen and oxygen atoms in total. The van der Waals surface area contributed by atoms with E-state index in [0.717, 1.165) is 36.9 Å². The van der Waals surface area contributed by atoms with Gasteiger partial charge in [0, 0.05) is 23.7 Å². The summed E-state index contributed by atoms with van der Waals surface area (Å²) < 4.78 is 1.10. The zero-order valence-electron chi connectivity index (χ0n) is 11.3. The molecule has 1 saturated heterocycles. The van der Waals surface area contributed by atoms with Crippen molar-refractivity contribution < 1.29 is 5.11 Å². The molecule has 3 N–H and O–H groups in total. The first-order valence-corrected chi connectivity index (χ1v) is 7.83. The molecule has 19 heavy (non-hydrogen) atoms. The van der Waals surface area contributed by atoms with E-state index < -0.39 is 0 Å². The maximum atomic E-state index is 8.97. The molecule has 1 aromatic carbocycles. The van der Waals surface area contributed by atoms with Crippen LogP contribution in [0.2, 0.25) is 0 Å². The van der Waals surface area contributed by atoms with Crippen LogP contribution in [0.4, 0.5) is 0 Å². The lowest BCUT2D eigenvalue weighted by Crippen LogP contribution is -2.25. The number of benzene rings is 1. The van der Waals surface area contributed by atoms with Gasteiger partial charge in [0.05, 0.1) is 0 Å². The summed E-state index contributed by atoms with van der Waals surface area (Å²) in [5.41, 5.74) is 7.46. The number of aliphatic hydroxyl groups is 1. The second-order valence-electron chi connectivity index (χ2n) is 5.38. The zero-order chi connectivity index (χ0) is 13.7. The summed E-state index contributed by atoms with van der Waals surface area (Å²) in [6.07, 6.45) is 3.13. The topological polar surface area (TPSA) is 49.5 Å². The van der Waals surface area contributed by atoms with Crippen LogP contribution in [-0.2, 0) is 0 Å². The number of aliphatic hydroxyl groups excluding tert-OH is 1. The van der Waals surface area contributed by atoms with E-state index >= 15 is 0 Å². The number of nitrogens with zero attached hydrogens (tertiary/aromatic N) is 1. The van der Waals surface area contributed by atoms with Crippen LogP contribution in [0.15, 0.2) is 28.7 Å². The third-order valence-electron chi connectivity index (χ3n) is 3.97. The highest BCUT2D eigenvalue weighted by Gasteiger charge is 2.22. The van der Waals surface area contributed by atoms with E-state index in [9.17, 15) is 0 Å². The smallest absolute Gasteiger partial charge is 0.0434 e. The summed E-state index contributed by atoms with van der Waals surface area (Å²) in [6.45, 7) is 3.62. The highest BCUT2D eigenvalue weighted by molar-refractivity contribution is 9.10. The van der Waals surface area contributed by atoms with Gasteiger partial charge < -0.3 is 15.7 Å². The molecular formula is C15H23BrN2O. The van der Waals surface area contributed by atoms with Crippen molar-refractivity contribution in [1.82, 2.24) is 4.90 Å². The summed E-state index contributed by atoms with van der Waals surface area (Å²) in [4.78, 5) is 2.47. The predicted octanol–water partition coefficient (Wildman–Crippen LogP) is 2.54. The largest absolute Gasteiger partial charge is 0.396 e. The molecular weight excluding hydrogens is 304 g/mol. The van der Waals surface area contributed by atoms with Crippen molar-refractivity contribution in [3.8, 4) is 0 Å². The van der Waals surface area contributed by atoms with Crippen molar-refractivity contribution in [1.29, 1.82) is 0 Å². The molecule has 0 aliphatic carbocycles. The van der Waals surface area contributed by atoms with Gasteiger partial charge in [-0.2, -0.15) is 0 Å². The number of nitrogens with two attached hydrogens (primary N) is 1. The summed E-state index contributed by atoms with van der Waals surface area (Å²) in [5, 5.41) is 8.97. The van der Waals surface area contributed by atoms with Crippen LogP contribution in [0.5, 0.6) is 0 Å². The van der Waals surface area contributed by atoms with Crippen LogP contribution in [0.3, 0.4) is 0 Å². The summed E-state index contributed by atoms with van der Waals surface area (Å²) in [6, 6.07) is 8.27. The zero-order valence-corrected chi connectivity index (χ0v) is 12.8. The van der Waals surface area contributed by atoms with E-state index in [0.29, 0.717) is 12.5 Å². The summed E-state index contributed by atoms with van der Waals surface area (Å²) in [5.74, 6) is 0.671. The van der Waals surface area contributed by atoms with Crippen LogP contribution >= 0.6 is 15.9 Å². The number of halogens is 1. The van der Waals surface area contributed by atoms with Gasteiger partial charge in [-0.05, 0) is 49.9 Å². The molecule has 106 valence electrons. The minimum Gasteiger partial charge on any atom is -0.396 e. The molecule has 0 saturated carbocycles. The highest BCUT2D eigenvalue weighted by Crippen LogP contribution is 2.25. The van der Waals surface area contributed by atoms with Gasteiger partial charge in [-0.3, -0.25) is 0 Å². The quantitative estimate of drug-likeness (QED) is 0.844. The Balaban J connectivity index is 1.78.